The first kappa shape index (κ1) is 11.6. The Bertz CT molecular complexity index is 429. The highest BCUT2D eigenvalue weighted by Crippen LogP contribution is 2.35. The highest BCUT2D eigenvalue weighted by Gasteiger charge is 2.29. The van der Waals surface area contributed by atoms with Crippen LogP contribution in [0.25, 0.3) is 0 Å². The molecule has 16 heavy (non-hydrogen) atoms. The largest absolute Gasteiger partial charge is 0.496 e. The molecule has 0 fully saturated rings. The molecule has 0 aromatic heterocycles. The van der Waals surface area contributed by atoms with Gasteiger partial charge in [-0.2, -0.15) is 0 Å². The smallest absolute Gasteiger partial charge is 0.169 e. The molecule has 1 atom stereocenters. The Labute approximate surface area is 103 Å². The summed E-state index contributed by atoms with van der Waals surface area (Å²) in [5.74, 6) is 0.740. The summed E-state index contributed by atoms with van der Waals surface area (Å²) >= 11 is 3.47. The fourth-order valence-electron chi connectivity index (χ4n) is 2.05. The minimum absolute atomic E-state index is 0.0246. The van der Waals surface area contributed by atoms with Crippen LogP contribution in [0.2, 0.25) is 0 Å². The normalized spacial score (nSPS) is 19.4. The number of ether oxygens (including phenoxy) is 2. The van der Waals surface area contributed by atoms with Crippen molar-refractivity contribution in [3.05, 3.63) is 27.7 Å². The molecule has 0 amide bonds. The van der Waals surface area contributed by atoms with Crippen LogP contribution in [-0.4, -0.2) is 26.1 Å². The summed E-state index contributed by atoms with van der Waals surface area (Å²) in [6.07, 6.45) is 1.15. The van der Waals surface area contributed by atoms with Crippen LogP contribution < -0.4 is 4.74 Å². The summed E-state index contributed by atoms with van der Waals surface area (Å²) < 4.78 is 11.4. The molecular formula is C12H13BrO3. The Hall–Kier alpha value is -0.870. The van der Waals surface area contributed by atoms with Gasteiger partial charge in [0.2, 0.25) is 0 Å². The second-order valence-electron chi connectivity index (χ2n) is 3.79. The average Bonchev–Trinajstić information content (AvgIpc) is 2.30. The average molecular weight is 285 g/mol. The van der Waals surface area contributed by atoms with Gasteiger partial charge >= 0.3 is 0 Å². The number of carbonyl (C=O) groups excluding carboxylic acids is 1. The summed E-state index contributed by atoms with van der Waals surface area (Å²) in [7, 11) is 3.22. The van der Waals surface area contributed by atoms with E-state index in [9.17, 15) is 4.79 Å². The lowest BCUT2D eigenvalue weighted by molar-refractivity contribution is 0.0689. The van der Waals surface area contributed by atoms with E-state index in [-0.39, 0.29) is 11.9 Å². The Balaban J connectivity index is 2.53. The highest BCUT2D eigenvalue weighted by molar-refractivity contribution is 9.10. The number of ketones is 1. The van der Waals surface area contributed by atoms with Gasteiger partial charge in [0.25, 0.3) is 0 Å². The molecule has 0 saturated carbocycles. The van der Waals surface area contributed by atoms with Gasteiger partial charge in [-0.25, -0.2) is 0 Å². The third kappa shape index (κ3) is 1.87. The van der Waals surface area contributed by atoms with Crippen LogP contribution in [0.3, 0.4) is 0 Å². The lowest BCUT2D eigenvalue weighted by Gasteiger charge is -2.24. The zero-order valence-electron chi connectivity index (χ0n) is 9.25. The number of Topliss-reactive ketones (excluding diaryl/α,β-unsaturated/α-hetero) is 1. The molecule has 0 heterocycles. The van der Waals surface area contributed by atoms with Crippen LogP contribution >= 0.6 is 15.9 Å². The van der Waals surface area contributed by atoms with E-state index in [1.54, 1.807) is 14.2 Å². The second-order valence-corrected chi connectivity index (χ2v) is 4.65. The number of hydrogen-bond donors (Lipinski definition) is 0. The maximum Gasteiger partial charge on any atom is 0.169 e. The first-order chi connectivity index (χ1) is 7.67. The van der Waals surface area contributed by atoms with Gasteiger partial charge < -0.3 is 9.47 Å². The Kier molecular flexibility index (Phi) is 3.30. The van der Waals surface area contributed by atoms with E-state index >= 15 is 0 Å². The standard InChI is InChI=1S/C12H13BrO3/c1-15-7-5-8-9(13)3-4-11(16-2)12(8)10(14)6-7/h3-4,7H,5-6H2,1-2H3. The van der Waals surface area contributed by atoms with Crippen LogP contribution in [0.4, 0.5) is 0 Å². The number of hydrogen-bond acceptors (Lipinski definition) is 3. The molecule has 2 rings (SSSR count). The third-order valence-corrected chi connectivity index (χ3v) is 3.64. The minimum Gasteiger partial charge on any atom is -0.496 e. The fraction of sp³-hybridized carbons (Fsp3) is 0.417. The van der Waals surface area contributed by atoms with E-state index in [1.165, 1.54) is 0 Å². The minimum atomic E-state index is -0.0246. The summed E-state index contributed by atoms with van der Waals surface area (Å²) in [6.45, 7) is 0. The fourth-order valence-corrected chi connectivity index (χ4v) is 2.54. The van der Waals surface area contributed by atoms with Gasteiger partial charge in [-0.3, -0.25) is 4.79 Å². The SMILES string of the molecule is COc1ccc(Br)c2c1C(=O)CC(OC)C2. The van der Waals surface area contributed by atoms with Crippen molar-refractivity contribution in [3.8, 4) is 5.75 Å². The number of methoxy groups -OCH3 is 2. The van der Waals surface area contributed by atoms with Gasteiger partial charge in [0.05, 0.1) is 18.8 Å². The van der Waals surface area contributed by atoms with E-state index in [1.807, 2.05) is 12.1 Å². The lowest BCUT2D eigenvalue weighted by atomic mass is 9.88. The van der Waals surface area contributed by atoms with E-state index in [0.717, 1.165) is 16.5 Å². The lowest BCUT2D eigenvalue weighted by Crippen LogP contribution is -2.26. The number of benzene rings is 1. The predicted molar refractivity (Wildman–Crippen MR) is 64.1 cm³/mol. The Morgan fingerprint density at radius 1 is 1.31 bits per heavy atom. The van der Waals surface area contributed by atoms with Crippen LogP contribution in [0.1, 0.15) is 22.3 Å². The van der Waals surface area contributed by atoms with Gasteiger partial charge in [-0.05, 0) is 17.7 Å². The molecule has 3 nitrogen and oxygen atoms in total. The second kappa shape index (κ2) is 4.55. The molecule has 0 aliphatic heterocycles. The van der Waals surface area contributed by atoms with E-state index in [0.29, 0.717) is 17.7 Å². The van der Waals surface area contributed by atoms with Crippen LogP contribution in [0.15, 0.2) is 16.6 Å². The van der Waals surface area contributed by atoms with Crippen molar-refractivity contribution in [1.82, 2.24) is 0 Å². The maximum atomic E-state index is 12.0. The molecule has 0 bridgehead atoms. The van der Waals surface area contributed by atoms with Crippen molar-refractivity contribution in [2.24, 2.45) is 0 Å². The van der Waals surface area contributed by atoms with Crippen molar-refractivity contribution >= 4 is 21.7 Å². The molecule has 1 aromatic carbocycles. The molecular weight excluding hydrogens is 272 g/mol. The molecule has 0 saturated heterocycles. The predicted octanol–water partition coefficient (Wildman–Crippen LogP) is 2.60. The van der Waals surface area contributed by atoms with E-state index in [4.69, 9.17) is 9.47 Å². The molecule has 1 unspecified atom stereocenters. The van der Waals surface area contributed by atoms with Gasteiger partial charge in [0.15, 0.2) is 5.78 Å². The van der Waals surface area contributed by atoms with Gasteiger partial charge in [0, 0.05) is 24.4 Å². The molecule has 1 aliphatic rings. The number of halogens is 1. The summed E-state index contributed by atoms with van der Waals surface area (Å²) in [6, 6.07) is 3.72. The molecule has 1 aromatic rings. The van der Waals surface area contributed by atoms with Crippen LogP contribution in [0, 0.1) is 0 Å². The third-order valence-electron chi connectivity index (χ3n) is 2.89. The molecule has 1 aliphatic carbocycles. The van der Waals surface area contributed by atoms with Gasteiger partial charge in [-0.15, -0.1) is 0 Å². The van der Waals surface area contributed by atoms with Crippen molar-refractivity contribution in [3.63, 3.8) is 0 Å². The molecule has 4 heteroatoms. The number of fused-ring (bicyclic) bond motifs is 1. The van der Waals surface area contributed by atoms with Gasteiger partial charge in [-0.1, -0.05) is 15.9 Å². The van der Waals surface area contributed by atoms with E-state index < -0.39 is 0 Å². The highest BCUT2D eigenvalue weighted by atomic mass is 79.9. The van der Waals surface area contributed by atoms with Crippen molar-refractivity contribution in [1.29, 1.82) is 0 Å². The quantitative estimate of drug-likeness (QED) is 0.838. The maximum absolute atomic E-state index is 12.0. The molecule has 0 spiro atoms. The summed E-state index contributed by atoms with van der Waals surface area (Å²) in [5.41, 5.74) is 1.69. The Morgan fingerprint density at radius 3 is 2.69 bits per heavy atom. The molecule has 0 N–H and O–H groups in total. The van der Waals surface area contributed by atoms with Crippen molar-refractivity contribution < 1.29 is 14.3 Å². The number of carbonyl (C=O) groups is 1. The first-order valence-electron chi connectivity index (χ1n) is 5.08. The zero-order chi connectivity index (χ0) is 11.7. The number of rotatable bonds is 2. The van der Waals surface area contributed by atoms with Crippen LogP contribution in [-0.2, 0) is 11.2 Å². The first-order valence-corrected chi connectivity index (χ1v) is 5.88. The topological polar surface area (TPSA) is 35.5 Å². The monoisotopic (exact) mass is 284 g/mol. The Morgan fingerprint density at radius 2 is 2.06 bits per heavy atom. The van der Waals surface area contributed by atoms with Crippen molar-refractivity contribution in [2.75, 3.05) is 14.2 Å². The summed E-state index contributed by atoms with van der Waals surface area (Å²) in [5, 5.41) is 0. The summed E-state index contributed by atoms with van der Waals surface area (Å²) in [4.78, 5) is 12.0. The van der Waals surface area contributed by atoms with Crippen LogP contribution in [0.5, 0.6) is 5.75 Å². The molecule has 86 valence electrons. The zero-order valence-corrected chi connectivity index (χ0v) is 10.8. The molecule has 0 radical (unpaired) electrons. The van der Waals surface area contributed by atoms with Gasteiger partial charge in [0.1, 0.15) is 5.75 Å². The van der Waals surface area contributed by atoms with E-state index in [2.05, 4.69) is 15.9 Å². The van der Waals surface area contributed by atoms with Crippen molar-refractivity contribution in [2.45, 2.75) is 18.9 Å².